The molecule has 0 aromatic heterocycles. The lowest BCUT2D eigenvalue weighted by atomic mass is 10.2. The van der Waals surface area contributed by atoms with Gasteiger partial charge in [-0.2, -0.15) is 0 Å². The Morgan fingerprint density at radius 3 is 2.50 bits per heavy atom. The molecule has 2 rings (SSSR count). The summed E-state index contributed by atoms with van der Waals surface area (Å²) < 4.78 is 18.2. The summed E-state index contributed by atoms with van der Waals surface area (Å²) in [5.74, 6) is -0.648. The minimum atomic E-state index is -0.491. The van der Waals surface area contributed by atoms with Crippen LogP contribution in [0.15, 0.2) is 42.5 Å². The second-order valence-corrected chi connectivity index (χ2v) is 5.92. The molecule has 0 saturated carbocycles. The van der Waals surface area contributed by atoms with Gasteiger partial charge in [-0.15, -0.1) is 0 Å². The number of primary amides is 1. The number of carbonyl (C=O) groups is 2. The molecule has 0 spiro atoms. The third-order valence-corrected chi connectivity index (χ3v) is 3.92. The van der Waals surface area contributed by atoms with Gasteiger partial charge in [0, 0.05) is 18.7 Å². The van der Waals surface area contributed by atoms with Crippen molar-refractivity contribution in [1.82, 2.24) is 0 Å². The topological polar surface area (TPSA) is 84.7 Å². The van der Waals surface area contributed by atoms with Gasteiger partial charge in [0.2, 0.25) is 11.8 Å². The van der Waals surface area contributed by atoms with Crippen LogP contribution in [0.5, 0.6) is 5.75 Å². The third-order valence-electron chi connectivity index (χ3n) is 3.61. The van der Waals surface area contributed by atoms with Gasteiger partial charge in [0.25, 0.3) is 0 Å². The molecule has 0 aliphatic heterocycles. The maximum absolute atomic E-state index is 13.1. The minimum Gasteiger partial charge on any atom is -0.497 e. The maximum atomic E-state index is 13.1. The van der Waals surface area contributed by atoms with E-state index in [1.807, 2.05) is 0 Å². The number of carbonyl (C=O) groups excluding carboxylic acids is 2. The van der Waals surface area contributed by atoms with Crippen molar-refractivity contribution in [2.24, 2.45) is 5.73 Å². The van der Waals surface area contributed by atoms with Crippen molar-refractivity contribution in [3.05, 3.63) is 53.3 Å². The fourth-order valence-corrected chi connectivity index (χ4v) is 2.51. The number of hydrogen-bond acceptors (Lipinski definition) is 4. The molecule has 0 heterocycles. The molecule has 0 atom stereocenters. The van der Waals surface area contributed by atoms with Gasteiger partial charge in [-0.1, -0.05) is 11.6 Å². The van der Waals surface area contributed by atoms with E-state index in [0.29, 0.717) is 11.4 Å². The normalized spacial score (nSPS) is 10.3. The number of methoxy groups -OCH3 is 1. The lowest BCUT2D eigenvalue weighted by Gasteiger charge is -2.24. The van der Waals surface area contributed by atoms with Gasteiger partial charge < -0.3 is 20.7 Å². The van der Waals surface area contributed by atoms with E-state index in [9.17, 15) is 14.0 Å². The first-order chi connectivity index (χ1) is 12.4. The molecule has 2 aromatic carbocycles. The molecule has 3 N–H and O–H groups in total. The summed E-state index contributed by atoms with van der Waals surface area (Å²) in [6.45, 7) is 0.236. The Morgan fingerprint density at radius 2 is 1.92 bits per heavy atom. The Hall–Kier alpha value is -2.80. The Kier molecular flexibility index (Phi) is 6.80. The highest BCUT2D eigenvalue weighted by Gasteiger charge is 2.14. The van der Waals surface area contributed by atoms with Gasteiger partial charge in [0.05, 0.1) is 24.4 Å². The molecule has 0 unspecified atom stereocenters. The van der Waals surface area contributed by atoms with Gasteiger partial charge in [0.15, 0.2) is 0 Å². The smallest absolute Gasteiger partial charge is 0.243 e. The number of hydrogen-bond donors (Lipinski definition) is 2. The van der Waals surface area contributed by atoms with Gasteiger partial charge in [0.1, 0.15) is 11.6 Å². The fourth-order valence-electron chi connectivity index (χ4n) is 2.29. The summed E-state index contributed by atoms with van der Waals surface area (Å²) in [6.07, 6.45) is 0.0939. The molecule has 26 heavy (non-hydrogen) atoms. The number of nitrogens with zero attached hydrogens (tertiary/aromatic N) is 1. The van der Waals surface area contributed by atoms with E-state index in [0.717, 1.165) is 11.8 Å². The summed E-state index contributed by atoms with van der Waals surface area (Å²) in [4.78, 5) is 25.2. The molecule has 0 saturated heterocycles. The Morgan fingerprint density at radius 1 is 1.23 bits per heavy atom. The largest absolute Gasteiger partial charge is 0.497 e. The van der Waals surface area contributed by atoms with Crippen molar-refractivity contribution in [3.8, 4) is 5.75 Å². The van der Waals surface area contributed by atoms with Crippen molar-refractivity contribution in [3.63, 3.8) is 0 Å². The van der Waals surface area contributed by atoms with E-state index < -0.39 is 11.7 Å². The molecule has 2 aromatic rings. The van der Waals surface area contributed by atoms with Crippen molar-refractivity contribution < 1.29 is 18.7 Å². The standard InChI is InChI=1S/C18H19ClFN3O3/c1-26-14-5-3-13(4-6-14)23(9-8-17(21)24)11-18(25)22-16-7-2-12(20)10-15(16)19/h2-7,10H,8-9,11H2,1H3,(H2,21,24)(H,22,25). The molecule has 0 radical (unpaired) electrons. The minimum absolute atomic E-state index is 0.0344. The quantitative estimate of drug-likeness (QED) is 0.738. The zero-order chi connectivity index (χ0) is 19.1. The number of ether oxygens (including phenoxy) is 1. The van der Waals surface area contributed by atoms with E-state index in [2.05, 4.69) is 5.32 Å². The van der Waals surface area contributed by atoms with Crippen LogP contribution in [0.4, 0.5) is 15.8 Å². The van der Waals surface area contributed by atoms with Crippen molar-refractivity contribution in [1.29, 1.82) is 0 Å². The number of nitrogens with one attached hydrogen (secondary N) is 1. The van der Waals surface area contributed by atoms with Crippen LogP contribution in [-0.4, -0.2) is 32.0 Å². The molecular weight excluding hydrogens is 361 g/mol. The van der Waals surface area contributed by atoms with E-state index >= 15 is 0 Å². The average Bonchev–Trinajstić information content (AvgIpc) is 2.61. The molecule has 0 aliphatic rings. The van der Waals surface area contributed by atoms with Crippen LogP contribution in [0.3, 0.4) is 0 Å². The number of anilines is 2. The average molecular weight is 380 g/mol. The van der Waals surface area contributed by atoms with E-state index in [1.165, 1.54) is 12.1 Å². The van der Waals surface area contributed by atoms with Crippen molar-refractivity contribution in [2.75, 3.05) is 30.4 Å². The number of amides is 2. The Labute approximate surface area is 155 Å². The molecule has 0 aliphatic carbocycles. The molecular formula is C18H19ClFN3O3. The zero-order valence-corrected chi connectivity index (χ0v) is 14.9. The summed E-state index contributed by atoms with van der Waals surface area (Å²) in [5.41, 5.74) is 6.25. The lowest BCUT2D eigenvalue weighted by molar-refractivity contribution is -0.118. The van der Waals surface area contributed by atoms with Crippen LogP contribution in [0.25, 0.3) is 0 Å². The summed E-state index contributed by atoms with van der Waals surface area (Å²) in [7, 11) is 1.56. The van der Waals surface area contributed by atoms with E-state index in [-0.39, 0.29) is 30.4 Å². The van der Waals surface area contributed by atoms with Crippen molar-refractivity contribution in [2.45, 2.75) is 6.42 Å². The summed E-state index contributed by atoms with van der Waals surface area (Å²) in [6, 6.07) is 10.8. The lowest BCUT2D eigenvalue weighted by Crippen LogP contribution is -2.35. The third kappa shape index (κ3) is 5.63. The summed E-state index contributed by atoms with van der Waals surface area (Å²) in [5, 5.41) is 2.73. The predicted molar refractivity (Wildman–Crippen MR) is 99.1 cm³/mol. The number of rotatable bonds is 8. The highest BCUT2D eigenvalue weighted by molar-refractivity contribution is 6.33. The molecule has 2 amide bonds. The highest BCUT2D eigenvalue weighted by atomic mass is 35.5. The number of benzene rings is 2. The van der Waals surface area contributed by atoms with Gasteiger partial charge in [-0.05, 0) is 42.5 Å². The van der Waals surface area contributed by atoms with Gasteiger partial charge in [-0.3, -0.25) is 9.59 Å². The van der Waals surface area contributed by atoms with Crippen LogP contribution in [-0.2, 0) is 9.59 Å². The molecule has 0 fully saturated rings. The number of nitrogens with two attached hydrogens (primary N) is 1. The van der Waals surface area contributed by atoms with Crippen LogP contribution >= 0.6 is 11.6 Å². The highest BCUT2D eigenvalue weighted by Crippen LogP contribution is 2.23. The number of halogens is 2. The first-order valence-electron chi connectivity index (χ1n) is 7.81. The summed E-state index contributed by atoms with van der Waals surface area (Å²) >= 11 is 5.92. The Balaban J connectivity index is 2.11. The maximum Gasteiger partial charge on any atom is 0.243 e. The SMILES string of the molecule is COc1ccc(N(CCC(N)=O)CC(=O)Nc2ccc(F)cc2Cl)cc1. The van der Waals surface area contributed by atoms with Crippen LogP contribution in [0, 0.1) is 5.82 Å². The van der Waals surface area contributed by atoms with Gasteiger partial charge in [-0.25, -0.2) is 4.39 Å². The second kappa shape index (κ2) is 9.05. The van der Waals surface area contributed by atoms with E-state index in [4.69, 9.17) is 22.1 Å². The van der Waals surface area contributed by atoms with Gasteiger partial charge >= 0.3 is 0 Å². The first-order valence-corrected chi connectivity index (χ1v) is 8.19. The van der Waals surface area contributed by atoms with Crippen LogP contribution < -0.4 is 20.7 Å². The molecule has 8 heteroatoms. The fraction of sp³-hybridized carbons (Fsp3) is 0.222. The first kappa shape index (κ1) is 19.5. The van der Waals surface area contributed by atoms with Crippen LogP contribution in [0.1, 0.15) is 6.42 Å². The Bertz CT molecular complexity index is 784. The molecule has 6 nitrogen and oxygen atoms in total. The predicted octanol–water partition coefficient (Wildman–Crippen LogP) is 2.81. The zero-order valence-electron chi connectivity index (χ0n) is 14.2. The van der Waals surface area contributed by atoms with E-state index in [1.54, 1.807) is 36.3 Å². The monoisotopic (exact) mass is 379 g/mol. The molecule has 138 valence electrons. The second-order valence-electron chi connectivity index (χ2n) is 5.51. The van der Waals surface area contributed by atoms with Crippen molar-refractivity contribution >= 4 is 34.8 Å². The van der Waals surface area contributed by atoms with Crippen LogP contribution in [0.2, 0.25) is 5.02 Å². The molecule has 0 bridgehead atoms.